The molecule has 2 N–H and O–H groups in total. The predicted octanol–water partition coefficient (Wildman–Crippen LogP) is 3.90. The number of aliphatic hydroxyl groups excluding tert-OH is 1. The maximum Gasteiger partial charge on any atom is 0.123 e. The van der Waals surface area contributed by atoms with Crippen molar-refractivity contribution in [3.63, 3.8) is 0 Å². The number of fused-ring (bicyclic) bond motifs is 1. The smallest absolute Gasteiger partial charge is 0.123 e. The Morgan fingerprint density at radius 1 is 1.35 bits per heavy atom. The minimum absolute atomic E-state index is 0.0132. The third kappa shape index (κ3) is 2.47. The summed E-state index contributed by atoms with van der Waals surface area (Å²) in [6.45, 7) is -0.0132. The molecule has 106 valence electrons. The monoisotopic (exact) mass is 311 g/mol. The van der Waals surface area contributed by atoms with Crippen LogP contribution in [-0.4, -0.2) is 11.7 Å². The van der Waals surface area contributed by atoms with Crippen LogP contribution in [0.3, 0.4) is 0 Å². The maximum atomic E-state index is 9.54. The Hall–Kier alpha value is -1.00. The number of halogens is 2. The zero-order valence-electron chi connectivity index (χ0n) is 10.8. The molecule has 1 aromatic carbocycles. The second kappa shape index (κ2) is 5.78. The van der Waals surface area contributed by atoms with E-state index in [0.717, 1.165) is 29.7 Å². The van der Waals surface area contributed by atoms with Crippen molar-refractivity contribution >= 4 is 23.2 Å². The van der Waals surface area contributed by atoms with Gasteiger partial charge in [-0.2, -0.15) is 0 Å². The van der Waals surface area contributed by atoms with Gasteiger partial charge >= 0.3 is 0 Å². The van der Waals surface area contributed by atoms with Crippen molar-refractivity contribution in [1.82, 2.24) is 5.32 Å². The van der Waals surface area contributed by atoms with Gasteiger partial charge in [0, 0.05) is 6.04 Å². The molecule has 0 aliphatic heterocycles. The average Bonchev–Trinajstić information content (AvgIpc) is 3.10. The first-order valence-electron chi connectivity index (χ1n) is 6.57. The molecule has 0 saturated carbocycles. The SMILES string of the molecule is OCC(NC1CCc2c1ccc(Cl)c2Cl)c1ccco1. The van der Waals surface area contributed by atoms with Crippen molar-refractivity contribution in [2.75, 3.05) is 6.61 Å². The van der Waals surface area contributed by atoms with Crippen molar-refractivity contribution in [3.8, 4) is 0 Å². The summed E-state index contributed by atoms with van der Waals surface area (Å²) >= 11 is 12.3. The van der Waals surface area contributed by atoms with E-state index in [0.29, 0.717) is 10.0 Å². The number of aliphatic hydroxyl groups is 1. The number of rotatable bonds is 4. The largest absolute Gasteiger partial charge is 0.468 e. The van der Waals surface area contributed by atoms with Gasteiger partial charge in [-0.25, -0.2) is 0 Å². The van der Waals surface area contributed by atoms with E-state index in [9.17, 15) is 5.11 Å². The van der Waals surface area contributed by atoms with Crippen molar-refractivity contribution in [2.45, 2.75) is 24.9 Å². The third-order valence-electron chi connectivity index (χ3n) is 3.76. The summed E-state index contributed by atoms with van der Waals surface area (Å²) in [5.41, 5.74) is 2.26. The van der Waals surface area contributed by atoms with Gasteiger partial charge in [0.1, 0.15) is 5.76 Å². The number of benzene rings is 1. The highest BCUT2D eigenvalue weighted by atomic mass is 35.5. The number of hydrogen-bond acceptors (Lipinski definition) is 3. The van der Waals surface area contributed by atoms with Crippen LogP contribution >= 0.6 is 23.2 Å². The summed E-state index contributed by atoms with van der Waals surface area (Å²) in [5, 5.41) is 14.2. The molecule has 0 saturated heterocycles. The van der Waals surface area contributed by atoms with E-state index in [1.807, 2.05) is 24.3 Å². The fourth-order valence-electron chi connectivity index (χ4n) is 2.76. The molecule has 2 unspecified atom stereocenters. The Kier molecular flexibility index (Phi) is 4.03. The van der Waals surface area contributed by atoms with Crippen molar-refractivity contribution in [2.24, 2.45) is 0 Å². The molecule has 1 aliphatic rings. The Balaban J connectivity index is 1.83. The normalized spacial score (nSPS) is 19.1. The van der Waals surface area contributed by atoms with Gasteiger partial charge < -0.3 is 9.52 Å². The molecule has 0 fully saturated rings. The lowest BCUT2D eigenvalue weighted by molar-refractivity contribution is 0.214. The van der Waals surface area contributed by atoms with Gasteiger partial charge in [-0.15, -0.1) is 0 Å². The first-order valence-corrected chi connectivity index (χ1v) is 7.33. The van der Waals surface area contributed by atoms with Crippen LogP contribution in [0, 0.1) is 0 Å². The lowest BCUT2D eigenvalue weighted by Gasteiger charge is -2.20. The molecule has 3 rings (SSSR count). The molecule has 0 bridgehead atoms. The van der Waals surface area contributed by atoms with Crippen LogP contribution in [0.4, 0.5) is 0 Å². The number of nitrogens with one attached hydrogen (secondary N) is 1. The predicted molar refractivity (Wildman–Crippen MR) is 79.2 cm³/mol. The summed E-state index contributed by atoms with van der Waals surface area (Å²) in [5.74, 6) is 0.737. The second-order valence-electron chi connectivity index (χ2n) is 4.94. The first-order chi connectivity index (χ1) is 9.70. The maximum absolute atomic E-state index is 9.54. The van der Waals surface area contributed by atoms with E-state index in [-0.39, 0.29) is 18.7 Å². The summed E-state index contributed by atoms with van der Waals surface area (Å²) in [6.07, 6.45) is 3.44. The molecule has 5 heteroatoms. The molecule has 1 aliphatic carbocycles. The van der Waals surface area contributed by atoms with Crippen LogP contribution < -0.4 is 5.32 Å². The van der Waals surface area contributed by atoms with Gasteiger partial charge in [0.05, 0.1) is 29.0 Å². The minimum atomic E-state index is -0.213. The quantitative estimate of drug-likeness (QED) is 0.900. The Morgan fingerprint density at radius 3 is 2.90 bits per heavy atom. The van der Waals surface area contributed by atoms with Crippen LogP contribution in [0.15, 0.2) is 34.9 Å². The van der Waals surface area contributed by atoms with E-state index in [1.54, 1.807) is 6.26 Å². The Morgan fingerprint density at radius 2 is 2.20 bits per heavy atom. The molecule has 1 heterocycles. The first kappa shape index (κ1) is 14.0. The summed E-state index contributed by atoms with van der Waals surface area (Å²) in [6, 6.07) is 7.45. The average molecular weight is 312 g/mol. The number of furan rings is 1. The highest BCUT2D eigenvalue weighted by Crippen LogP contribution is 2.39. The molecular formula is C15H15Cl2NO2. The second-order valence-corrected chi connectivity index (χ2v) is 5.72. The molecule has 0 amide bonds. The van der Waals surface area contributed by atoms with Gasteiger partial charge in [-0.1, -0.05) is 29.3 Å². The van der Waals surface area contributed by atoms with Gasteiger partial charge in [0.15, 0.2) is 0 Å². The lowest BCUT2D eigenvalue weighted by atomic mass is 10.1. The van der Waals surface area contributed by atoms with Gasteiger partial charge in [0.2, 0.25) is 0 Å². The van der Waals surface area contributed by atoms with E-state index >= 15 is 0 Å². The van der Waals surface area contributed by atoms with E-state index in [4.69, 9.17) is 27.6 Å². The molecule has 20 heavy (non-hydrogen) atoms. The molecular weight excluding hydrogens is 297 g/mol. The summed E-state index contributed by atoms with van der Waals surface area (Å²) in [4.78, 5) is 0. The molecule has 1 aromatic heterocycles. The van der Waals surface area contributed by atoms with Crippen molar-refractivity contribution < 1.29 is 9.52 Å². The van der Waals surface area contributed by atoms with Gasteiger partial charge in [0.25, 0.3) is 0 Å². The topological polar surface area (TPSA) is 45.4 Å². The van der Waals surface area contributed by atoms with Gasteiger partial charge in [-0.05, 0) is 42.2 Å². The van der Waals surface area contributed by atoms with Crippen molar-refractivity contribution in [1.29, 1.82) is 0 Å². The molecule has 2 atom stereocenters. The van der Waals surface area contributed by atoms with Crippen LogP contribution in [0.5, 0.6) is 0 Å². The lowest BCUT2D eigenvalue weighted by Crippen LogP contribution is -2.27. The minimum Gasteiger partial charge on any atom is -0.468 e. The van der Waals surface area contributed by atoms with Crippen LogP contribution in [-0.2, 0) is 6.42 Å². The Bertz CT molecular complexity index is 598. The highest BCUT2D eigenvalue weighted by molar-refractivity contribution is 6.42. The summed E-state index contributed by atoms with van der Waals surface area (Å²) in [7, 11) is 0. The molecule has 3 nitrogen and oxygen atoms in total. The van der Waals surface area contributed by atoms with Crippen LogP contribution in [0.1, 0.15) is 35.4 Å². The number of hydrogen-bond donors (Lipinski definition) is 2. The van der Waals surface area contributed by atoms with Crippen LogP contribution in [0.2, 0.25) is 10.0 Å². The third-order valence-corrected chi connectivity index (χ3v) is 4.61. The highest BCUT2D eigenvalue weighted by Gasteiger charge is 2.28. The molecule has 2 aromatic rings. The summed E-state index contributed by atoms with van der Waals surface area (Å²) < 4.78 is 5.36. The Labute approximate surface area is 127 Å². The molecule has 0 spiro atoms. The van der Waals surface area contributed by atoms with E-state index in [1.165, 1.54) is 0 Å². The van der Waals surface area contributed by atoms with E-state index < -0.39 is 0 Å². The zero-order valence-corrected chi connectivity index (χ0v) is 12.3. The van der Waals surface area contributed by atoms with E-state index in [2.05, 4.69) is 5.32 Å². The molecule has 0 radical (unpaired) electrons. The van der Waals surface area contributed by atoms with Gasteiger partial charge in [-0.3, -0.25) is 5.32 Å². The fraction of sp³-hybridized carbons (Fsp3) is 0.333. The zero-order chi connectivity index (χ0) is 14.1. The fourth-order valence-corrected chi connectivity index (χ4v) is 3.21. The van der Waals surface area contributed by atoms with Crippen molar-refractivity contribution in [3.05, 3.63) is 57.5 Å². The van der Waals surface area contributed by atoms with Crippen LogP contribution in [0.25, 0.3) is 0 Å². The standard InChI is InChI=1S/C15H15Cl2NO2/c16-11-5-3-9-10(15(11)17)4-6-12(9)18-13(8-19)14-2-1-7-20-14/h1-3,5,7,12-13,18-19H,4,6,8H2.